The van der Waals surface area contributed by atoms with E-state index in [0.717, 1.165) is 4.47 Å². The minimum atomic E-state index is -0.348. The first kappa shape index (κ1) is 23.0. The molecule has 0 saturated carbocycles. The molecule has 1 N–H and O–H groups in total. The minimum Gasteiger partial charge on any atom is -0.497 e. The Morgan fingerprint density at radius 3 is 2.52 bits per heavy atom. The lowest BCUT2D eigenvalue weighted by molar-refractivity contribution is 0.0936. The van der Waals surface area contributed by atoms with Crippen LogP contribution >= 0.6 is 27.7 Å². The molecule has 162 valence electrons. The number of amides is 1. The van der Waals surface area contributed by atoms with Gasteiger partial charge >= 0.3 is 0 Å². The molecule has 7 nitrogen and oxygen atoms in total. The second-order valence-corrected chi connectivity index (χ2v) is 8.50. The van der Waals surface area contributed by atoms with Crippen LogP contribution in [0, 0.1) is 0 Å². The topological polar surface area (TPSA) is 86.1 Å². The average Bonchev–Trinajstić information content (AvgIpc) is 3.20. The summed E-state index contributed by atoms with van der Waals surface area (Å²) < 4.78 is 7.77. The number of carbonyl (C=O) groups is 2. The number of thioether (sulfide) groups is 1. The third-order valence-corrected chi connectivity index (χ3v) is 6.32. The van der Waals surface area contributed by atoms with Crippen molar-refractivity contribution in [2.24, 2.45) is 0 Å². The summed E-state index contributed by atoms with van der Waals surface area (Å²) >= 11 is 4.73. The summed E-state index contributed by atoms with van der Waals surface area (Å²) in [5, 5.41) is 12.1. The van der Waals surface area contributed by atoms with Gasteiger partial charge in [0.1, 0.15) is 5.75 Å². The van der Waals surface area contributed by atoms with Crippen molar-refractivity contribution in [2.45, 2.75) is 31.6 Å². The predicted molar refractivity (Wildman–Crippen MR) is 124 cm³/mol. The number of halogens is 1. The molecule has 0 radical (unpaired) electrons. The van der Waals surface area contributed by atoms with E-state index >= 15 is 0 Å². The molecule has 0 bridgehead atoms. The number of rotatable bonds is 9. The number of hydrogen-bond donors (Lipinski definition) is 1. The van der Waals surface area contributed by atoms with Crippen LogP contribution in [-0.2, 0) is 6.54 Å². The molecule has 3 rings (SSSR count). The standard InChI is InChI=1S/C22H23BrN4O3S/c1-4-27-20(14(2)24-21(29)17-7-5-6-8-18(17)23)25-26-22(27)31-13-19(28)15-9-11-16(30-3)12-10-15/h5-12,14H,4,13H2,1-3H3,(H,24,29)/t14-/m0/s1. The lowest BCUT2D eigenvalue weighted by Crippen LogP contribution is -2.29. The molecule has 1 heterocycles. The number of benzene rings is 2. The third-order valence-electron chi connectivity index (χ3n) is 4.66. The highest BCUT2D eigenvalue weighted by Crippen LogP contribution is 2.23. The maximum Gasteiger partial charge on any atom is 0.253 e. The summed E-state index contributed by atoms with van der Waals surface area (Å²) in [4.78, 5) is 25.1. The first-order chi connectivity index (χ1) is 14.9. The van der Waals surface area contributed by atoms with Crippen LogP contribution in [0.5, 0.6) is 5.75 Å². The van der Waals surface area contributed by atoms with Crippen LogP contribution in [0.25, 0.3) is 0 Å². The summed E-state index contributed by atoms with van der Waals surface area (Å²) in [6.07, 6.45) is 0. The van der Waals surface area contributed by atoms with Crippen molar-refractivity contribution in [1.29, 1.82) is 0 Å². The lowest BCUT2D eigenvalue weighted by Gasteiger charge is -2.15. The zero-order chi connectivity index (χ0) is 22.4. The molecular formula is C22H23BrN4O3S. The molecule has 0 aliphatic rings. The number of nitrogens with zero attached hydrogens (tertiary/aromatic N) is 3. The Labute approximate surface area is 193 Å². The molecule has 0 spiro atoms. The van der Waals surface area contributed by atoms with Gasteiger partial charge in [0.25, 0.3) is 5.91 Å². The number of hydrogen-bond acceptors (Lipinski definition) is 6. The molecule has 0 aliphatic heterocycles. The van der Waals surface area contributed by atoms with E-state index in [1.165, 1.54) is 11.8 Å². The highest BCUT2D eigenvalue weighted by Gasteiger charge is 2.21. The van der Waals surface area contributed by atoms with E-state index in [1.54, 1.807) is 37.4 Å². The SMILES string of the molecule is CCn1c(SCC(=O)c2ccc(OC)cc2)nnc1[C@H](C)NC(=O)c1ccccc1Br. The van der Waals surface area contributed by atoms with Gasteiger partial charge in [-0.15, -0.1) is 10.2 Å². The molecule has 3 aromatic rings. The molecule has 31 heavy (non-hydrogen) atoms. The van der Waals surface area contributed by atoms with Gasteiger partial charge in [-0.1, -0.05) is 23.9 Å². The number of nitrogens with one attached hydrogen (secondary N) is 1. The van der Waals surface area contributed by atoms with Gasteiger partial charge in [0.2, 0.25) is 0 Å². The van der Waals surface area contributed by atoms with E-state index in [4.69, 9.17) is 4.74 Å². The van der Waals surface area contributed by atoms with Gasteiger partial charge < -0.3 is 14.6 Å². The van der Waals surface area contributed by atoms with Crippen LogP contribution in [-0.4, -0.2) is 39.3 Å². The number of ketones is 1. The summed E-state index contributed by atoms with van der Waals surface area (Å²) in [7, 11) is 1.59. The zero-order valence-corrected chi connectivity index (χ0v) is 19.9. The molecule has 9 heteroatoms. The van der Waals surface area contributed by atoms with Crippen LogP contribution < -0.4 is 10.1 Å². The maximum absolute atomic E-state index is 12.6. The Hall–Kier alpha value is -2.65. The first-order valence-electron chi connectivity index (χ1n) is 9.73. The van der Waals surface area contributed by atoms with Gasteiger partial charge in [-0.2, -0.15) is 0 Å². The molecule has 1 atom stereocenters. The van der Waals surface area contributed by atoms with E-state index in [-0.39, 0.29) is 23.5 Å². The quantitative estimate of drug-likeness (QED) is 0.341. The van der Waals surface area contributed by atoms with Crippen molar-refractivity contribution in [2.75, 3.05) is 12.9 Å². The summed E-state index contributed by atoms with van der Waals surface area (Å²) in [5.41, 5.74) is 1.17. The summed E-state index contributed by atoms with van der Waals surface area (Å²) in [6.45, 7) is 4.46. The normalized spacial score (nSPS) is 11.7. The molecule has 1 aromatic heterocycles. The zero-order valence-electron chi connectivity index (χ0n) is 17.5. The highest BCUT2D eigenvalue weighted by molar-refractivity contribution is 9.10. The number of aromatic nitrogens is 3. The number of Topliss-reactive ketones (excluding diaryl/α,β-unsaturated/α-hetero) is 1. The molecule has 0 saturated heterocycles. The predicted octanol–water partition coefficient (Wildman–Crippen LogP) is 4.54. The molecule has 0 aliphatic carbocycles. The molecule has 2 aromatic carbocycles. The van der Waals surface area contributed by atoms with Gasteiger partial charge in [-0.3, -0.25) is 9.59 Å². The Balaban J connectivity index is 1.67. The minimum absolute atomic E-state index is 0.00450. The van der Waals surface area contributed by atoms with E-state index in [2.05, 4.69) is 31.4 Å². The number of carbonyl (C=O) groups excluding carboxylic acids is 2. The Bertz CT molecular complexity index is 1070. The average molecular weight is 503 g/mol. The van der Waals surface area contributed by atoms with Crippen molar-refractivity contribution in [1.82, 2.24) is 20.1 Å². The lowest BCUT2D eigenvalue weighted by atomic mass is 10.1. The third kappa shape index (κ3) is 5.54. The smallest absolute Gasteiger partial charge is 0.253 e. The fraction of sp³-hybridized carbons (Fsp3) is 0.273. The van der Waals surface area contributed by atoms with Gasteiger partial charge in [-0.25, -0.2) is 0 Å². The maximum atomic E-state index is 12.6. The van der Waals surface area contributed by atoms with Crippen LogP contribution in [0.2, 0.25) is 0 Å². The number of ether oxygens (including phenoxy) is 1. The fourth-order valence-electron chi connectivity index (χ4n) is 3.00. The molecular weight excluding hydrogens is 480 g/mol. The van der Waals surface area contributed by atoms with Crippen LogP contribution in [0.15, 0.2) is 58.2 Å². The van der Waals surface area contributed by atoms with Gasteiger partial charge in [0.05, 0.1) is 24.5 Å². The van der Waals surface area contributed by atoms with Crippen molar-refractivity contribution in [3.8, 4) is 5.75 Å². The second kappa shape index (κ2) is 10.6. The Morgan fingerprint density at radius 2 is 1.87 bits per heavy atom. The van der Waals surface area contributed by atoms with Crippen LogP contribution in [0.3, 0.4) is 0 Å². The van der Waals surface area contributed by atoms with Crippen molar-refractivity contribution in [3.05, 3.63) is 70.0 Å². The Morgan fingerprint density at radius 1 is 1.16 bits per heavy atom. The van der Waals surface area contributed by atoms with Crippen molar-refractivity contribution in [3.63, 3.8) is 0 Å². The van der Waals surface area contributed by atoms with Crippen molar-refractivity contribution >= 4 is 39.4 Å². The van der Waals surface area contributed by atoms with Gasteiger partial charge in [0, 0.05) is 16.6 Å². The fourth-order valence-corrected chi connectivity index (χ4v) is 4.37. The number of methoxy groups -OCH3 is 1. The van der Waals surface area contributed by atoms with E-state index in [0.29, 0.717) is 34.4 Å². The van der Waals surface area contributed by atoms with Gasteiger partial charge in [0.15, 0.2) is 16.8 Å². The first-order valence-corrected chi connectivity index (χ1v) is 11.5. The van der Waals surface area contributed by atoms with E-state index in [1.807, 2.05) is 36.6 Å². The van der Waals surface area contributed by atoms with Crippen molar-refractivity contribution < 1.29 is 14.3 Å². The highest BCUT2D eigenvalue weighted by atomic mass is 79.9. The van der Waals surface area contributed by atoms with Crippen LogP contribution in [0.1, 0.15) is 46.4 Å². The van der Waals surface area contributed by atoms with Gasteiger partial charge in [-0.05, 0) is 66.2 Å². The molecule has 0 unspecified atom stereocenters. The van der Waals surface area contributed by atoms with E-state index < -0.39 is 0 Å². The van der Waals surface area contributed by atoms with E-state index in [9.17, 15) is 9.59 Å². The monoisotopic (exact) mass is 502 g/mol. The molecule has 0 fully saturated rings. The summed E-state index contributed by atoms with van der Waals surface area (Å²) in [5.74, 6) is 1.38. The molecule has 1 amide bonds. The Kier molecular flexibility index (Phi) is 7.86. The largest absolute Gasteiger partial charge is 0.497 e. The second-order valence-electron chi connectivity index (χ2n) is 6.70. The van der Waals surface area contributed by atoms with Crippen LogP contribution in [0.4, 0.5) is 0 Å². The summed E-state index contributed by atoms with van der Waals surface area (Å²) in [6, 6.07) is 13.9.